The van der Waals surface area contributed by atoms with E-state index in [1.807, 2.05) is 0 Å². The molecule has 0 radical (unpaired) electrons. The summed E-state index contributed by atoms with van der Waals surface area (Å²) >= 11 is 0. The minimum atomic E-state index is -0.856. The highest BCUT2D eigenvalue weighted by atomic mass is 19.1. The predicted octanol–water partition coefficient (Wildman–Crippen LogP) is 3.72. The highest BCUT2D eigenvalue weighted by molar-refractivity contribution is 5.41. The number of rotatable bonds is 7. The Hall–Kier alpha value is -2.66. The van der Waals surface area contributed by atoms with Gasteiger partial charge in [0.05, 0.1) is 16.7 Å². The number of nitrogens with two attached hydrogens (primary N) is 1. The molecule has 0 aliphatic rings. The lowest BCUT2D eigenvalue weighted by atomic mass is 10.2. The number of nitrogens with zero attached hydrogens (tertiary/aromatic N) is 1. The van der Waals surface area contributed by atoms with Crippen LogP contribution in [-0.4, -0.2) is 33.4 Å². The number of methoxy groups -OCH3 is 4. The number of hydrogen-bond donors (Lipinski definition) is 1. The lowest BCUT2D eigenvalue weighted by molar-refractivity contribution is -0.385. The average Bonchev–Trinajstić information content (AvgIpc) is 2.68. The molecule has 2 rings (SSSR count). The Labute approximate surface area is 160 Å². The molecule has 0 atom stereocenters. The Morgan fingerprint density at radius 1 is 0.893 bits per heavy atom. The average molecular weight is 400 g/mol. The van der Waals surface area contributed by atoms with Crippen molar-refractivity contribution in [2.75, 3.05) is 34.2 Å². The van der Waals surface area contributed by atoms with Crippen LogP contribution in [0.15, 0.2) is 36.4 Å². The molecule has 8 nitrogen and oxygen atoms in total. The van der Waals surface area contributed by atoms with Crippen LogP contribution in [0.25, 0.3) is 0 Å². The van der Waals surface area contributed by atoms with Gasteiger partial charge in [-0.2, -0.15) is 0 Å². The Bertz CT molecular complexity index is 783. The number of halogens is 2. The number of nitro benzene ring substituents is 1. The number of nitro groups is 1. The van der Waals surface area contributed by atoms with Crippen LogP contribution in [0.4, 0.5) is 20.2 Å². The Morgan fingerprint density at radius 2 is 1.46 bits per heavy atom. The summed E-state index contributed by atoms with van der Waals surface area (Å²) in [6.45, 7) is 0. The number of benzene rings is 2. The molecule has 0 aliphatic carbocycles. The van der Waals surface area contributed by atoms with E-state index in [4.69, 9.17) is 24.7 Å². The smallest absolute Gasteiger partial charge is 0.272 e. The highest BCUT2D eigenvalue weighted by Gasteiger charge is 2.17. The summed E-state index contributed by atoms with van der Waals surface area (Å²) in [5, 5.41) is 10.3. The normalized spacial score (nSPS) is 10.7. The van der Waals surface area contributed by atoms with Crippen molar-refractivity contribution in [3.8, 4) is 0 Å². The molecule has 0 unspecified atom stereocenters. The first-order chi connectivity index (χ1) is 13.3. The topological polar surface area (TPSA) is 106 Å². The number of non-ortho nitro benzene ring substituents is 1. The van der Waals surface area contributed by atoms with Gasteiger partial charge in [0, 0.05) is 45.6 Å². The molecule has 154 valence electrons. The lowest BCUT2D eigenvalue weighted by Gasteiger charge is -2.13. The molecule has 2 N–H and O–H groups in total. The van der Waals surface area contributed by atoms with Crippen LogP contribution in [0.2, 0.25) is 0 Å². The maximum Gasteiger partial charge on any atom is 0.272 e. The number of ether oxygens (including phenoxy) is 4. The van der Waals surface area contributed by atoms with Crippen LogP contribution in [0, 0.1) is 21.7 Å². The van der Waals surface area contributed by atoms with Gasteiger partial charge < -0.3 is 24.7 Å². The summed E-state index contributed by atoms with van der Waals surface area (Å²) in [6.07, 6.45) is -1.40. The third kappa shape index (κ3) is 6.20. The number of hydrogen-bond acceptors (Lipinski definition) is 7. The largest absolute Gasteiger partial charge is 0.396 e. The maximum absolute atomic E-state index is 13.4. The molecular formula is C18H22F2N2O6. The van der Waals surface area contributed by atoms with Crippen LogP contribution in [0.1, 0.15) is 23.7 Å². The molecule has 0 saturated carbocycles. The standard InChI is InChI=1S/C9H10FNO4.C9H12FNO2/c1-14-9(15-2)7-4-3-6(11(12)13)5-8(7)10;1-12-9(13-2)6-3-4-8(11)7(10)5-6/h3-5,9H,1-2H3;3-5,9H,11H2,1-2H3. The zero-order valence-electron chi connectivity index (χ0n) is 15.8. The van der Waals surface area contributed by atoms with Crippen LogP contribution in [0.5, 0.6) is 0 Å². The van der Waals surface area contributed by atoms with Gasteiger partial charge >= 0.3 is 0 Å². The molecule has 0 spiro atoms. The van der Waals surface area contributed by atoms with Crippen LogP contribution < -0.4 is 5.73 Å². The van der Waals surface area contributed by atoms with Crippen molar-refractivity contribution in [1.82, 2.24) is 0 Å². The summed E-state index contributed by atoms with van der Waals surface area (Å²) in [4.78, 5) is 9.68. The Kier molecular flexibility index (Phi) is 9.39. The van der Waals surface area contributed by atoms with Gasteiger partial charge in [0.2, 0.25) is 0 Å². The van der Waals surface area contributed by atoms with Crippen LogP contribution >= 0.6 is 0 Å². The van der Waals surface area contributed by atoms with E-state index in [0.717, 1.165) is 6.07 Å². The second-order valence-electron chi connectivity index (χ2n) is 5.35. The first kappa shape index (κ1) is 23.4. The van der Waals surface area contributed by atoms with Gasteiger partial charge in [0.25, 0.3) is 5.69 Å². The summed E-state index contributed by atoms with van der Waals surface area (Å²) < 4.78 is 45.9. The second kappa shape index (κ2) is 11.2. The Balaban J connectivity index is 0.000000283. The van der Waals surface area contributed by atoms with Gasteiger partial charge in [-0.05, 0) is 18.2 Å². The van der Waals surface area contributed by atoms with E-state index in [2.05, 4.69) is 0 Å². The summed E-state index contributed by atoms with van der Waals surface area (Å²) in [7, 11) is 5.69. The minimum Gasteiger partial charge on any atom is -0.396 e. The summed E-state index contributed by atoms with van der Waals surface area (Å²) in [6, 6.07) is 7.74. The number of anilines is 1. The van der Waals surface area contributed by atoms with E-state index in [-0.39, 0.29) is 16.9 Å². The van der Waals surface area contributed by atoms with Crippen molar-refractivity contribution in [2.24, 2.45) is 0 Å². The molecule has 2 aromatic carbocycles. The van der Waals surface area contributed by atoms with Crippen molar-refractivity contribution in [1.29, 1.82) is 0 Å². The van der Waals surface area contributed by atoms with Crippen molar-refractivity contribution >= 4 is 11.4 Å². The van der Waals surface area contributed by atoms with Crippen molar-refractivity contribution in [3.63, 3.8) is 0 Å². The second-order valence-corrected chi connectivity index (χ2v) is 5.35. The zero-order valence-corrected chi connectivity index (χ0v) is 15.8. The minimum absolute atomic E-state index is 0.120. The summed E-state index contributed by atoms with van der Waals surface area (Å²) in [5.41, 5.74) is 5.87. The molecule has 0 bridgehead atoms. The van der Waals surface area contributed by atoms with Crippen LogP contribution in [-0.2, 0) is 18.9 Å². The monoisotopic (exact) mass is 400 g/mol. The van der Waals surface area contributed by atoms with E-state index in [9.17, 15) is 18.9 Å². The van der Waals surface area contributed by atoms with E-state index < -0.39 is 29.1 Å². The zero-order chi connectivity index (χ0) is 21.3. The fraction of sp³-hybridized carbons (Fsp3) is 0.333. The first-order valence-corrected chi connectivity index (χ1v) is 7.88. The molecule has 28 heavy (non-hydrogen) atoms. The van der Waals surface area contributed by atoms with Crippen molar-refractivity contribution in [3.05, 3.63) is 69.3 Å². The number of nitrogen functional groups attached to an aromatic ring is 1. The molecule has 0 fully saturated rings. The fourth-order valence-corrected chi connectivity index (χ4v) is 2.23. The Morgan fingerprint density at radius 3 is 1.89 bits per heavy atom. The molecule has 0 aliphatic heterocycles. The molecule has 0 amide bonds. The summed E-state index contributed by atoms with van der Waals surface area (Å²) in [5.74, 6) is -1.19. The van der Waals surface area contributed by atoms with Crippen molar-refractivity contribution < 1.29 is 32.7 Å². The fourth-order valence-electron chi connectivity index (χ4n) is 2.23. The van der Waals surface area contributed by atoms with Gasteiger partial charge in [0.15, 0.2) is 12.6 Å². The molecule has 0 saturated heterocycles. The van der Waals surface area contributed by atoms with Gasteiger partial charge in [-0.1, -0.05) is 6.07 Å². The van der Waals surface area contributed by atoms with Crippen LogP contribution in [0.3, 0.4) is 0 Å². The maximum atomic E-state index is 13.4. The molecule has 0 aromatic heterocycles. The first-order valence-electron chi connectivity index (χ1n) is 7.88. The van der Waals surface area contributed by atoms with Gasteiger partial charge in [-0.3, -0.25) is 10.1 Å². The van der Waals surface area contributed by atoms with E-state index >= 15 is 0 Å². The quantitative estimate of drug-likeness (QED) is 0.327. The SMILES string of the molecule is COC(OC)c1ccc(N)c(F)c1.COC(OC)c1ccc([N+](=O)[O-])cc1F. The predicted molar refractivity (Wildman–Crippen MR) is 97.4 cm³/mol. The molecule has 10 heteroatoms. The molecular weight excluding hydrogens is 378 g/mol. The molecule has 0 heterocycles. The van der Waals surface area contributed by atoms with Crippen molar-refractivity contribution in [2.45, 2.75) is 12.6 Å². The van der Waals surface area contributed by atoms with E-state index in [0.29, 0.717) is 5.56 Å². The molecule has 2 aromatic rings. The van der Waals surface area contributed by atoms with Gasteiger partial charge in [0.1, 0.15) is 11.6 Å². The van der Waals surface area contributed by atoms with Gasteiger partial charge in [-0.15, -0.1) is 0 Å². The van der Waals surface area contributed by atoms with E-state index in [1.54, 1.807) is 6.07 Å². The lowest BCUT2D eigenvalue weighted by Crippen LogP contribution is -2.06. The van der Waals surface area contributed by atoms with Gasteiger partial charge in [-0.25, -0.2) is 8.78 Å². The third-order valence-electron chi connectivity index (χ3n) is 3.60. The highest BCUT2D eigenvalue weighted by Crippen LogP contribution is 2.24. The van der Waals surface area contributed by atoms with E-state index in [1.165, 1.54) is 52.7 Å². The third-order valence-corrected chi connectivity index (χ3v) is 3.60.